The van der Waals surface area contributed by atoms with Crippen molar-refractivity contribution >= 4 is 21.7 Å². The van der Waals surface area contributed by atoms with Gasteiger partial charge in [0.05, 0.1) is 0 Å². The molecule has 0 bridgehead atoms. The van der Waals surface area contributed by atoms with Gasteiger partial charge < -0.3 is 4.74 Å². The first-order valence-corrected chi connectivity index (χ1v) is 9.30. The van der Waals surface area contributed by atoms with Crippen molar-refractivity contribution in [3.8, 4) is 5.75 Å². The zero-order chi connectivity index (χ0) is 21.6. The molecular weight excluding hydrogens is 454 g/mol. The van der Waals surface area contributed by atoms with Crippen LogP contribution in [0, 0.1) is 23.3 Å². The van der Waals surface area contributed by atoms with Gasteiger partial charge in [-0.2, -0.15) is 8.78 Å². The average Bonchev–Trinajstić information content (AvgIpc) is 2.69. The fourth-order valence-corrected chi connectivity index (χ4v) is 2.70. The van der Waals surface area contributed by atoms with Crippen molar-refractivity contribution in [2.75, 3.05) is 26.7 Å². The van der Waals surface area contributed by atoms with Gasteiger partial charge in [-0.1, -0.05) is 34.2 Å². The Balaban J connectivity index is 2.23. The van der Waals surface area contributed by atoms with Crippen LogP contribution >= 0.6 is 15.9 Å². The van der Waals surface area contributed by atoms with Crippen molar-refractivity contribution in [3.63, 3.8) is 0 Å². The molecule has 2 rings (SSSR count). The number of hydrogen-bond donors (Lipinski definition) is 0. The third kappa shape index (κ3) is 5.55. The minimum Gasteiger partial charge on any atom is -0.483 e. The lowest BCUT2D eigenvalue weighted by Crippen LogP contribution is -2.18. The van der Waals surface area contributed by atoms with E-state index in [1.807, 2.05) is 11.9 Å². The zero-order valence-electron chi connectivity index (χ0n) is 15.5. The Kier molecular flexibility index (Phi) is 8.16. The second-order valence-electron chi connectivity index (χ2n) is 6.09. The van der Waals surface area contributed by atoms with Gasteiger partial charge in [-0.15, -0.1) is 6.58 Å². The van der Waals surface area contributed by atoms with Gasteiger partial charge in [0.25, 0.3) is 0 Å². The summed E-state index contributed by atoms with van der Waals surface area (Å²) in [6.07, 6.45) is 4.82. The summed E-state index contributed by atoms with van der Waals surface area (Å²) in [6.45, 7) is 4.44. The number of benzene rings is 2. The van der Waals surface area contributed by atoms with E-state index in [-0.39, 0.29) is 12.2 Å². The highest BCUT2D eigenvalue weighted by atomic mass is 79.9. The van der Waals surface area contributed by atoms with Gasteiger partial charge in [0, 0.05) is 23.1 Å². The summed E-state index contributed by atoms with van der Waals surface area (Å²) < 4.78 is 62.7. The van der Waals surface area contributed by atoms with Crippen molar-refractivity contribution in [2.45, 2.75) is 0 Å². The van der Waals surface area contributed by atoms with Crippen molar-refractivity contribution < 1.29 is 27.1 Å². The Bertz CT molecular complexity index is 900. The first kappa shape index (κ1) is 22.8. The molecule has 29 heavy (non-hydrogen) atoms. The third-order valence-corrected chi connectivity index (χ3v) is 4.43. The van der Waals surface area contributed by atoms with Crippen LogP contribution in [0.4, 0.5) is 17.6 Å². The van der Waals surface area contributed by atoms with Crippen LogP contribution in [0.1, 0.15) is 15.9 Å². The molecule has 0 spiro atoms. The van der Waals surface area contributed by atoms with Crippen LogP contribution in [0.25, 0.3) is 0 Å². The molecule has 0 amide bonds. The molecule has 0 aliphatic rings. The van der Waals surface area contributed by atoms with E-state index in [0.29, 0.717) is 17.6 Å². The molecule has 2 aromatic carbocycles. The lowest BCUT2D eigenvalue weighted by atomic mass is 10.0. The van der Waals surface area contributed by atoms with Gasteiger partial charge in [0.2, 0.25) is 11.6 Å². The molecule has 0 aliphatic heterocycles. The standard InChI is InChI=1S/C21H18BrF4NO2/c1-3-10-27(2)11-4-5-12-29-21-18(25)16(23)15(17(24)19(21)26)20(28)13-6-8-14(22)9-7-13/h3-9H,1,10-12H2,2H3. The van der Waals surface area contributed by atoms with E-state index < -0.39 is 40.4 Å². The van der Waals surface area contributed by atoms with E-state index in [9.17, 15) is 22.4 Å². The maximum Gasteiger partial charge on any atom is 0.204 e. The molecule has 0 N–H and O–H groups in total. The first-order chi connectivity index (χ1) is 13.8. The van der Waals surface area contributed by atoms with E-state index in [1.54, 1.807) is 12.2 Å². The normalized spacial score (nSPS) is 11.3. The fraction of sp³-hybridized carbons (Fsp3) is 0.190. The number of hydrogen-bond acceptors (Lipinski definition) is 3. The van der Waals surface area contributed by atoms with Crippen LogP contribution in [-0.4, -0.2) is 37.4 Å². The molecule has 0 unspecified atom stereocenters. The smallest absolute Gasteiger partial charge is 0.204 e. The SMILES string of the molecule is C=CCN(C)CC=CCOc1c(F)c(F)c(C(=O)c2ccc(Br)cc2)c(F)c1F. The number of carbonyl (C=O) groups is 1. The maximum absolute atomic E-state index is 14.4. The predicted octanol–water partition coefficient (Wildman–Crippen LogP) is 5.29. The molecule has 0 saturated heterocycles. The first-order valence-electron chi connectivity index (χ1n) is 8.51. The molecule has 0 heterocycles. The molecule has 3 nitrogen and oxygen atoms in total. The molecule has 0 atom stereocenters. The van der Waals surface area contributed by atoms with Gasteiger partial charge in [-0.25, -0.2) is 8.78 Å². The molecule has 0 fully saturated rings. The van der Waals surface area contributed by atoms with E-state index in [0.717, 1.165) is 0 Å². The van der Waals surface area contributed by atoms with Crippen LogP contribution in [0.2, 0.25) is 0 Å². The van der Waals surface area contributed by atoms with E-state index in [4.69, 9.17) is 4.74 Å². The minimum absolute atomic E-state index is 0.120. The third-order valence-electron chi connectivity index (χ3n) is 3.90. The Morgan fingerprint density at radius 2 is 1.62 bits per heavy atom. The van der Waals surface area contributed by atoms with E-state index in [1.165, 1.54) is 30.3 Å². The summed E-state index contributed by atoms with van der Waals surface area (Å²) >= 11 is 3.15. The van der Waals surface area contributed by atoms with Crippen LogP contribution in [0.5, 0.6) is 5.75 Å². The maximum atomic E-state index is 14.4. The summed E-state index contributed by atoms with van der Waals surface area (Å²) in [5.41, 5.74) is -1.43. The lowest BCUT2D eigenvalue weighted by molar-refractivity contribution is 0.102. The molecule has 0 aromatic heterocycles. The molecule has 0 saturated carbocycles. The molecular formula is C21H18BrF4NO2. The van der Waals surface area contributed by atoms with E-state index >= 15 is 0 Å². The number of ketones is 1. The number of likely N-dealkylation sites (N-methyl/N-ethyl adjacent to an activating group) is 1. The second kappa shape index (κ2) is 10.4. The Labute approximate surface area is 174 Å². The highest BCUT2D eigenvalue weighted by molar-refractivity contribution is 9.10. The quantitative estimate of drug-likeness (QED) is 0.215. The van der Waals surface area contributed by atoms with Crippen molar-refractivity contribution in [1.29, 1.82) is 0 Å². The summed E-state index contributed by atoms with van der Waals surface area (Å²) in [4.78, 5) is 14.2. The molecule has 154 valence electrons. The number of rotatable bonds is 9. The summed E-state index contributed by atoms with van der Waals surface area (Å²) in [7, 11) is 1.83. The number of ether oxygens (including phenoxy) is 1. The Morgan fingerprint density at radius 1 is 1.03 bits per heavy atom. The molecule has 2 aromatic rings. The largest absolute Gasteiger partial charge is 0.483 e. The van der Waals surface area contributed by atoms with Crippen molar-refractivity contribution in [1.82, 2.24) is 4.90 Å². The molecule has 0 aliphatic carbocycles. The highest BCUT2D eigenvalue weighted by Gasteiger charge is 2.30. The lowest BCUT2D eigenvalue weighted by Gasteiger charge is -2.12. The number of halogens is 5. The molecule has 8 heteroatoms. The Hall–Kier alpha value is -2.45. The molecule has 0 radical (unpaired) electrons. The minimum atomic E-state index is -1.80. The number of nitrogens with zero attached hydrogens (tertiary/aromatic N) is 1. The van der Waals surface area contributed by atoms with Gasteiger partial charge in [-0.05, 0) is 31.3 Å². The summed E-state index contributed by atoms with van der Waals surface area (Å²) in [5.74, 6) is -9.52. The zero-order valence-corrected chi connectivity index (χ0v) is 17.1. The van der Waals surface area contributed by atoms with Crippen LogP contribution in [-0.2, 0) is 0 Å². The average molecular weight is 472 g/mol. The summed E-state index contributed by atoms with van der Waals surface area (Å²) in [6, 6.07) is 5.48. The monoisotopic (exact) mass is 471 g/mol. The Morgan fingerprint density at radius 3 is 2.17 bits per heavy atom. The highest BCUT2D eigenvalue weighted by Crippen LogP contribution is 2.31. The van der Waals surface area contributed by atoms with Gasteiger partial charge in [0.1, 0.15) is 12.2 Å². The van der Waals surface area contributed by atoms with E-state index in [2.05, 4.69) is 22.5 Å². The predicted molar refractivity (Wildman–Crippen MR) is 106 cm³/mol. The van der Waals surface area contributed by atoms with Crippen LogP contribution in [0.15, 0.2) is 53.5 Å². The number of carbonyl (C=O) groups excluding carboxylic acids is 1. The van der Waals surface area contributed by atoms with Crippen LogP contribution < -0.4 is 4.74 Å². The van der Waals surface area contributed by atoms with Gasteiger partial charge >= 0.3 is 0 Å². The van der Waals surface area contributed by atoms with Gasteiger partial charge in [-0.3, -0.25) is 9.69 Å². The fourth-order valence-electron chi connectivity index (χ4n) is 2.43. The topological polar surface area (TPSA) is 29.5 Å². The van der Waals surface area contributed by atoms with Crippen molar-refractivity contribution in [3.05, 3.63) is 87.9 Å². The summed E-state index contributed by atoms with van der Waals surface area (Å²) in [5, 5.41) is 0. The second-order valence-corrected chi connectivity index (χ2v) is 7.00. The van der Waals surface area contributed by atoms with Crippen LogP contribution in [0.3, 0.4) is 0 Å². The van der Waals surface area contributed by atoms with Crippen molar-refractivity contribution in [2.24, 2.45) is 0 Å². The van der Waals surface area contributed by atoms with Gasteiger partial charge in [0.15, 0.2) is 23.2 Å².